The summed E-state index contributed by atoms with van der Waals surface area (Å²) in [5.41, 5.74) is 3.31. The van der Waals surface area contributed by atoms with E-state index in [1.807, 2.05) is 80.2 Å². The Kier molecular flexibility index (Phi) is 5.37. The number of imidazole rings is 1. The fraction of sp³-hybridized carbons (Fsp3) is 0.238. The molecule has 26 heavy (non-hydrogen) atoms. The fourth-order valence-corrected chi connectivity index (χ4v) is 2.75. The Morgan fingerprint density at radius 3 is 2.58 bits per heavy atom. The number of rotatable bonds is 6. The van der Waals surface area contributed by atoms with E-state index in [1.54, 1.807) is 6.20 Å². The second-order valence-corrected chi connectivity index (χ2v) is 6.34. The number of carbonyl (C=O) groups excluding carboxylic acids is 1. The van der Waals surface area contributed by atoms with E-state index in [9.17, 15) is 4.79 Å². The van der Waals surface area contributed by atoms with Crippen LogP contribution in [-0.4, -0.2) is 22.1 Å². The molecular weight excluding hydrogens is 326 g/mol. The van der Waals surface area contributed by atoms with Crippen LogP contribution in [0.25, 0.3) is 0 Å². The maximum absolute atomic E-state index is 12.5. The number of aryl methyl sites for hydroxylation is 3. The number of carbonyl (C=O) groups is 1. The van der Waals surface area contributed by atoms with Crippen LogP contribution in [0.15, 0.2) is 60.9 Å². The van der Waals surface area contributed by atoms with Gasteiger partial charge in [-0.3, -0.25) is 4.79 Å². The minimum Gasteiger partial charge on any atom is -0.484 e. The molecule has 0 fully saturated rings. The molecule has 3 rings (SSSR count). The van der Waals surface area contributed by atoms with E-state index in [2.05, 4.69) is 10.3 Å². The molecule has 1 heterocycles. The zero-order valence-corrected chi connectivity index (χ0v) is 15.3. The van der Waals surface area contributed by atoms with E-state index in [1.165, 1.54) is 5.56 Å². The molecule has 0 spiro atoms. The summed E-state index contributed by atoms with van der Waals surface area (Å²) in [4.78, 5) is 16.9. The molecule has 1 amide bonds. The Bertz CT molecular complexity index is 887. The summed E-state index contributed by atoms with van der Waals surface area (Å²) in [5, 5.41) is 3.03. The molecule has 0 bridgehead atoms. The minimum atomic E-state index is -0.327. The van der Waals surface area contributed by atoms with Crippen molar-refractivity contribution in [1.29, 1.82) is 0 Å². The molecule has 1 unspecified atom stereocenters. The highest BCUT2D eigenvalue weighted by molar-refractivity contribution is 5.78. The molecule has 0 aliphatic heterocycles. The zero-order valence-electron chi connectivity index (χ0n) is 15.3. The van der Waals surface area contributed by atoms with Crippen LogP contribution < -0.4 is 10.1 Å². The van der Waals surface area contributed by atoms with Crippen molar-refractivity contribution in [3.8, 4) is 5.75 Å². The molecule has 0 saturated carbocycles. The van der Waals surface area contributed by atoms with E-state index in [0.29, 0.717) is 5.75 Å². The fourth-order valence-electron chi connectivity index (χ4n) is 2.75. The summed E-state index contributed by atoms with van der Waals surface area (Å²) < 4.78 is 7.55. The van der Waals surface area contributed by atoms with Crippen molar-refractivity contribution in [3.05, 3.63) is 83.4 Å². The van der Waals surface area contributed by atoms with E-state index in [-0.39, 0.29) is 18.6 Å². The maximum atomic E-state index is 12.5. The zero-order chi connectivity index (χ0) is 18.5. The van der Waals surface area contributed by atoms with Gasteiger partial charge in [0.15, 0.2) is 6.61 Å². The average Bonchev–Trinajstić information content (AvgIpc) is 3.07. The monoisotopic (exact) mass is 349 g/mol. The maximum Gasteiger partial charge on any atom is 0.258 e. The summed E-state index contributed by atoms with van der Waals surface area (Å²) >= 11 is 0. The van der Waals surface area contributed by atoms with Crippen LogP contribution in [0, 0.1) is 13.8 Å². The first-order valence-corrected chi connectivity index (χ1v) is 8.56. The molecule has 2 aromatic carbocycles. The van der Waals surface area contributed by atoms with Crippen LogP contribution in [-0.2, 0) is 11.8 Å². The van der Waals surface area contributed by atoms with E-state index in [4.69, 9.17) is 4.74 Å². The minimum absolute atomic E-state index is 0.0454. The first-order chi connectivity index (χ1) is 12.5. The number of ether oxygens (including phenoxy) is 1. The molecule has 0 aliphatic rings. The summed E-state index contributed by atoms with van der Waals surface area (Å²) in [6.07, 6.45) is 3.59. The van der Waals surface area contributed by atoms with Crippen LogP contribution in [0.2, 0.25) is 0 Å². The Balaban J connectivity index is 1.71. The van der Waals surface area contributed by atoms with E-state index < -0.39 is 0 Å². The highest BCUT2D eigenvalue weighted by Gasteiger charge is 2.20. The van der Waals surface area contributed by atoms with Crippen molar-refractivity contribution >= 4 is 5.91 Å². The third-order valence-corrected chi connectivity index (χ3v) is 4.40. The smallest absolute Gasteiger partial charge is 0.258 e. The van der Waals surface area contributed by atoms with Gasteiger partial charge in [0.1, 0.15) is 17.6 Å². The number of aromatic nitrogens is 2. The van der Waals surface area contributed by atoms with E-state index >= 15 is 0 Å². The molecule has 5 heteroatoms. The van der Waals surface area contributed by atoms with Gasteiger partial charge < -0.3 is 14.6 Å². The Hall–Kier alpha value is -3.08. The summed E-state index contributed by atoms with van der Waals surface area (Å²) in [5.74, 6) is 1.27. The molecule has 1 aromatic heterocycles. The Labute approximate surface area is 153 Å². The topological polar surface area (TPSA) is 56.1 Å². The van der Waals surface area contributed by atoms with Gasteiger partial charge in [-0.2, -0.15) is 0 Å². The van der Waals surface area contributed by atoms with Crippen molar-refractivity contribution in [1.82, 2.24) is 14.9 Å². The first-order valence-electron chi connectivity index (χ1n) is 8.56. The van der Waals surface area contributed by atoms with Crippen molar-refractivity contribution in [2.75, 3.05) is 6.61 Å². The van der Waals surface area contributed by atoms with Crippen LogP contribution in [0.4, 0.5) is 0 Å². The van der Waals surface area contributed by atoms with Gasteiger partial charge in [-0.25, -0.2) is 4.98 Å². The first kappa shape index (κ1) is 17.7. The normalized spacial score (nSPS) is 11.8. The lowest BCUT2D eigenvalue weighted by Crippen LogP contribution is -2.34. The average molecular weight is 349 g/mol. The van der Waals surface area contributed by atoms with Crippen molar-refractivity contribution in [2.24, 2.45) is 7.05 Å². The van der Waals surface area contributed by atoms with Crippen molar-refractivity contribution < 1.29 is 9.53 Å². The van der Waals surface area contributed by atoms with Crippen LogP contribution in [0.3, 0.4) is 0 Å². The van der Waals surface area contributed by atoms with Gasteiger partial charge in [0.05, 0.1) is 0 Å². The number of benzene rings is 2. The molecular formula is C21H23N3O2. The van der Waals surface area contributed by atoms with Crippen LogP contribution >= 0.6 is 0 Å². The van der Waals surface area contributed by atoms with E-state index in [0.717, 1.165) is 17.0 Å². The highest BCUT2D eigenvalue weighted by atomic mass is 16.5. The second-order valence-electron chi connectivity index (χ2n) is 6.34. The molecule has 0 saturated heterocycles. The Morgan fingerprint density at radius 2 is 1.92 bits per heavy atom. The molecule has 1 atom stereocenters. The third-order valence-electron chi connectivity index (χ3n) is 4.40. The largest absolute Gasteiger partial charge is 0.484 e. The molecule has 134 valence electrons. The number of hydrogen-bond acceptors (Lipinski definition) is 3. The molecule has 3 aromatic rings. The highest BCUT2D eigenvalue weighted by Crippen LogP contribution is 2.20. The number of amides is 1. The van der Waals surface area contributed by atoms with Crippen molar-refractivity contribution in [3.63, 3.8) is 0 Å². The van der Waals surface area contributed by atoms with Crippen LogP contribution in [0.1, 0.15) is 28.6 Å². The Morgan fingerprint density at radius 1 is 1.15 bits per heavy atom. The van der Waals surface area contributed by atoms with Gasteiger partial charge in [0.25, 0.3) is 5.91 Å². The second kappa shape index (κ2) is 7.87. The molecule has 0 radical (unpaired) electrons. The number of nitrogens with one attached hydrogen (secondary N) is 1. The lowest BCUT2D eigenvalue weighted by atomic mass is 10.1. The summed E-state index contributed by atoms with van der Waals surface area (Å²) in [6.45, 7) is 4.02. The molecule has 1 N–H and O–H groups in total. The third kappa shape index (κ3) is 4.11. The summed E-state index contributed by atoms with van der Waals surface area (Å²) in [6, 6.07) is 15.3. The molecule has 5 nitrogen and oxygen atoms in total. The number of hydrogen-bond donors (Lipinski definition) is 1. The van der Waals surface area contributed by atoms with Gasteiger partial charge in [0, 0.05) is 19.4 Å². The lowest BCUT2D eigenvalue weighted by molar-refractivity contribution is -0.123. The SMILES string of the molecule is Cc1ccc(OCC(=O)NC(c2ccccc2)c2nccn2C)cc1C. The molecule has 0 aliphatic carbocycles. The van der Waals surface area contributed by atoms with Gasteiger partial charge >= 0.3 is 0 Å². The van der Waals surface area contributed by atoms with Gasteiger partial charge in [-0.05, 0) is 42.7 Å². The standard InChI is InChI=1S/C21H23N3O2/c1-15-9-10-18(13-16(15)2)26-14-19(25)23-20(17-7-5-4-6-8-17)21-22-11-12-24(21)3/h4-13,20H,14H2,1-3H3,(H,23,25). The number of nitrogens with zero attached hydrogens (tertiary/aromatic N) is 2. The predicted octanol–water partition coefficient (Wildman–Crippen LogP) is 3.32. The van der Waals surface area contributed by atoms with Gasteiger partial charge in [0.2, 0.25) is 0 Å². The summed E-state index contributed by atoms with van der Waals surface area (Å²) in [7, 11) is 1.91. The van der Waals surface area contributed by atoms with Crippen molar-refractivity contribution in [2.45, 2.75) is 19.9 Å². The van der Waals surface area contributed by atoms with Gasteiger partial charge in [-0.15, -0.1) is 0 Å². The quantitative estimate of drug-likeness (QED) is 0.743. The van der Waals surface area contributed by atoms with Crippen LogP contribution in [0.5, 0.6) is 5.75 Å². The lowest BCUT2D eigenvalue weighted by Gasteiger charge is -2.19. The predicted molar refractivity (Wildman–Crippen MR) is 101 cm³/mol. The van der Waals surface area contributed by atoms with Gasteiger partial charge in [-0.1, -0.05) is 36.4 Å².